The van der Waals surface area contributed by atoms with Gasteiger partial charge in [-0.1, -0.05) is 57.2 Å². The number of epoxide rings is 2. The maximum Gasteiger partial charge on any atom is 0.119 e. The van der Waals surface area contributed by atoms with E-state index in [1.165, 1.54) is 38.5 Å². The van der Waals surface area contributed by atoms with E-state index < -0.39 is 0 Å². The lowest BCUT2D eigenvalue weighted by Crippen LogP contribution is -2.03. The highest BCUT2D eigenvalue weighted by Crippen LogP contribution is 2.13. The van der Waals surface area contributed by atoms with Crippen molar-refractivity contribution in [3.8, 4) is 5.75 Å². The molecule has 2 heterocycles. The van der Waals surface area contributed by atoms with E-state index in [4.69, 9.17) is 18.9 Å². The highest BCUT2D eigenvalue weighted by Gasteiger charge is 2.23. The van der Waals surface area contributed by atoms with E-state index in [-0.39, 0.29) is 0 Å². The maximum absolute atomic E-state index is 5.44. The van der Waals surface area contributed by atoms with Crippen LogP contribution in [0.3, 0.4) is 0 Å². The molecule has 2 saturated heterocycles. The van der Waals surface area contributed by atoms with E-state index in [0.717, 1.165) is 32.2 Å². The highest BCUT2D eigenvalue weighted by atomic mass is 16.6. The first-order valence-corrected chi connectivity index (χ1v) is 9.37. The summed E-state index contributed by atoms with van der Waals surface area (Å²) in [6, 6.07) is 9.79. The number of benzene rings is 1. The first kappa shape index (κ1) is 19.2. The fourth-order valence-corrected chi connectivity index (χ4v) is 2.23. The van der Waals surface area contributed by atoms with Crippen molar-refractivity contribution in [2.45, 2.75) is 57.7 Å². The predicted octanol–water partition coefficient (Wildman–Crippen LogP) is 4.23. The van der Waals surface area contributed by atoms with Gasteiger partial charge in [-0.15, -0.1) is 0 Å². The molecule has 0 aromatic heterocycles. The second kappa shape index (κ2) is 12.3. The Labute approximate surface area is 146 Å². The second-order valence-corrected chi connectivity index (χ2v) is 6.38. The number of hydrogen-bond acceptors (Lipinski definition) is 4. The van der Waals surface area contributed by atoms with Crippen LogP contribution in [0, 0.1) is 0 Å². The van der Waals surface area contributed by atoms with Gasteiger partial charge in [0.05, 0.1) is 19.8 Å². The zero-order valence-electron chi connectivity index (χ0n) is 15.0. The van der Waals surface area contributed by atoms with E-state index in [2.05, 4.69) is 6.92 Å². The molecule has 2 fully saturated rings. The molecular weight excluding hydrogens is 304 g/mol. The van der Waals surface area contributed by atoms with Crippen LogP contribution in [0.2, 0.25) is 0 Å². The molecule has 0 spiro atoms. The molecule has 0 radical (unpaired) electrons. The van der Waals surface area contributed by atoms with Gasteiger partial charge in [-0.3, -0.25) is 0 Å². The second-order valence-electron chi connectivity index (χ2n) is 6.38. The first-order chi connectivity index (χ1) is 11.9. The molecule has 1 aromatic carbocycles. The zero-order chi connectivity index (χ0) is 16.9. The van der Waals surface area contributed by atoms with Crippen LogP contribution in [0.1, 0.15) is 45.4 Å². The number of hydrogen-bond donors (Lipinski definition) is 0. The summed E-state index contributed by atoms with van der Waals surface area (Å²) in [5.74, 6) is 0.919. The molecule has 0 aliphatic carbocycles. The normalized spacial score (nSPS) is 20.9. The van der Waals surface area contributed by atoms with Crippen molar-refractivity contribution in [3.63, 3.8) is 0 Å². The topological polar surface area (TPSA) is 43.5 Å². The molecule has 1 aromatic rings. The Bertz CT molecular complexity index is 401. The molecule has 24 heavy (non-hydrogen) atoms. The summed E-state index contributed by atoms with van der Waals surface area (Å²) in [7, 11) is 0. The third-order valence-corrected chi connectivity index (χ3v) is 3.93. The Morgan fingerprint density at radius 3 is 2.17 bits per heavy atom. The Morgan fingerprint density at radius 1 is 0.875 bits per heavy atom. The minimum absolute atomic E-state index is 0.343. The number of ether oxygens (including phenoxy) is 4. The standard InChI is InChI=1S/C11H22O2.C9H10O2/c1-2-3-4-5-6-7-8-12-9-11-10-13-11;1-2-4-8(5-3-1)10-6-9-7-11-9/h11H,2-10H2,1H3;1-5,9H,6-7H2. The van der Waals surface area contributed by atoms with Gasteiger partial charge in [0.1, 0.15) is 24.6 Å². The van der Waals surface area contributed by atoms with Crippen molar-refractivity contribution >= 4 is 0 Å². The quantitative estimate of drug-likeness (QED) is 0.423. The van der Waals surface area contributed by atoms with Crippen LogP contribution in [-0.2, 0) is 14.2 Å². The van der Waals surface area contributed by atoms with Crippen molar-refractivity contribution in [1.82, 2.24) is 0 Å². The monoisotopic (exact) mass is 336 g/mol. The van der Waals surface area contributed by atoms with Crippen molar-refractivity contribution in [1.29, 1.82) is 0 Å². The first-order valence-electron chi connectivity index (χ1n) is 9.37. The molecular formula is C20H32O4. The van der Waals surface area contributed by atoms with Gasteiger partial charge in [0.2, 0.25) is 0 Å². The van der Waals surface area contributed by atoms with Crippen LogP contribution in [-0.4, -0.2) is 45.2 Å². The van der Waals surface area contributed by atoms with Crippen LogP contribution in [0.15, 0.2) is 30.3 Å². The van der Waals surface area contributed by atoms with E-state index in [0.29, 0.717) is 18.8 Å². The minimum atomic E-state index is 0.343. The van der Waals surface area contributed by atoms with Gasteiger partial charge in [0.25, 0.3) is 0 Å². The van der Waals surface area contributed by atoms with Gasteiger partial charge in [-0.05, 0) is 18.6 Å². The Balaban J connectivity index is 0.000000175. The highest BCUT2D eigenvalue weighted by molar-refractivity contribution is 5.20. The lowest BCUT2D eigenvalue weighted by molar-refractivity contribution is 0.113. The van der Waals surface area contributed by atoms with Crippen molar-refractivity contribution < 1.29 is 18.9 Å². The Kier molecular flexibility index (Phi) is 9.85. The van der Waals surface area contributed by atoms with Gasteiger partial charge < -0.3 is 18.9 Å². The van der Waals surface area contributed by atoms with Crippen molar-refractivity contribution in [2.75, 3.05) is 33.0 Å². The summed E-state index contributed by atoms with van der Waals surface area (Å²) in [6.07, 6.45) is 8.79. The molecule has 4 nitrogen and oxygen atoms in total. The fraction of sp³-hybridized carbons (Fsp3) is 0.700. The van der Waals surface area contributed by atoms with E-state index in [9.17, 15) is 0 Å². The van der Waals surface area contributed by atoms with Gasteiger partial charge in [0.15, 0.2) is 0 Å². The molecule has 136 valence electrons. The summed E-state index contributed by atoms with van der Waals surface area (Å²) in [5.41, 5.74) is 0. The van der Waals surface area contributed by atoms with Gasteiger partial charge in [-0.2, -0.15) is 0 Å². The fourth-order valence-electron chi connectivity index (χ4n) is 2.23. The van der Waals surface area contributed by atoms with Crippen LogP contribution in [0.25, 0.3) is 0 Å². The van der Waals surface area contributed by atoms with E-state index >= 15 is 0 Å². The van der Waals surface area contributed by atoms with Gasteiger partial charge in [-0.25, -0.2) is 0 Å². The molecule has 4 heteroatoms. The van der Waals surface area contributed by atoms with E-state index in [1.54, 1.807) is 0 Å². The molecule has 2 atom stereocenters. The van der Waals surface area contributed by atoms with Crippen LogP contribution in [0.5, 0.6) is 5.75 Å². The van der Waals surface area contributed by atoms with Crippen molar-refractivity contribution in [2.24, 2.45) is 0 Å². The molecule has 2 aliphatic heterocycles. The molecule has 0 amide bonds. The van der Waals surface area contributed by atoms with E-state index in [1.807, 2.05) is 30.3 Å². The molecule has 0 N–H and O–H groups in total. The van der Waals surface area contributed by atoms with Crippen LogP contribution in [0.4, 0.5) is 0 Å². The number of rotatable bonds is 12. The predicted molar refractivity (Wildman–Crippen MR) is 95.6 cm³/mol. The summed E-state index contributed by atoms with van der Waals surface area (Å²) in [4.78, 5) is 0. The average Bonchev–Trinajstić information content (AvgIpc) is 3.52. The lowest BCUT2D eigenvalue weighted by atomic mass is 10.1. The smallest absolute Gasteiger partial charge is 0.119 e. The number of para-hydroxylation sites is 1. The molecule has 0 bridgehead atoms. The molecule has 3 rings (SSSR count). The van der Waals surface area contributed by atoms with Gasteiger partial charge in [0, 0.05) is 6.61 Å². The average molecular weight is 336 g/mol. The van der Waals surface area contributed by atoms with Crippen LogP contribution < -0.4 is 4.74 Å². The number of unbranched alkanes of at least 4 members (excludes halogenated alkanes) is 5. The SMILES string of the molecule is CCCCCCCCOCC1CO1.c1ccc(OCC2CO2)cc1. The zero-order valence-corrected chi connectivity index (χ0v) is 15.0. The summed E-state index contributed by atoms with van der Waals surface area (Å²) in [6.45, 7) is 6.44. The summed E-state index contributed by atoms with van der Waals surface area (Å²) < 4.78 is 20.9. The third kappa shape index (κ3) is 10.6. The summed E-state index contributed by atoms with van der Waals surface area (Å²) >= 11 is 0. The Hall–Kier alpha value is -1.10. The largest absolute Gasteiger partial charge is 0.491 e. The summed E-state index contributed by atoms with van der Waals surface area (Å²) in [5, 5.41) is 0. The maximum atomic E-state index is 5.44. The molecule has 0 saturated carbocycles. The molecule has 2 aliphatic rings. The van der Waals surface area contributed by atoms with Crippen molar-refractivity contribution in [3.05, 3.63) is 30.3 Å². The third-order valence-electron chi connectivity index (χ3n) is 3.93. The lowest BCUT2D eigenvalue weighted by Gasteiger charge is -2.01. The minimum Gasteiger partial charge on any atom is -0.491 e. The van der Waals surface area contributed by atoms with Gasteiger partial charge >= 0.3 is 0 Å². The molecule has 2 unspecified atom stereocenters. The van der Waals surface area contributed by atoms with Crippen LogP contribution >= 0.6 is 0 Å². The Morgan fingerprint density at radius 2 is 1.50 bits per heavy atom.